The summed E-state index contributed by atoms with van der Waals surface area (Å²) in [5, 5.41) is 7.57. The van der Waals surface area contributed by atoms with E-state index in [4.69, 9.17) is 11.6 Å². The van der Waals surface area contributed by atoms with Gasteiger partial charge in [-0.15, -0.1) is 22.7 Å². The molecule has 2 amide bonds. The number of hydrogen-bond acceptors (Lipinski definition) is 5. The molecule has 0 unspecified atom stereocenters. The molecule has 2 heterocycles. The van der Waals surface area contributed by atoms with Gasteiger partial charge in [0.1, 0.15) is 0 Å². The van der Waals surface area contributed by atoms with Crippen molar-refractivity contribution in [3.8, 4) is 0 Å². The molecule has 3 rings (SSSR count). The van der Waals surface area contributed by atoms with Crippen LogP contribution in [0.15, 0.2) is 53.9 Å². The monoisotopic (exact) mass is 418 g/mol. The van der Waals surface area contributed by atoms with E-state index in [1.165, 1.54) is 22.7 Å². The summed E-state index contributed by atoms with van der Waals surface area (Å²) >= 11 is 8.49. The van der Waals surface area contributed by atoms with Crippen LogP contribution in [0.3, 0.4) is 0 Å². The van der Waals surface area contributed by atoms with Crippen LogP contribution < -0.4 is 10.6 Å². The number of carbonyl (C=O) groups is 3. The molecule has 0 saturated heterocycles. The lowest BCUT2D eigenvalue weighted by atomic mass is 10.2. The molecule has 0 radical (unpaired) electrons. The molecule has 0 saturated carbocycles. The molecule has 138 valence electrons. The van der Waals surface area contributed by atoms with Gasteiger partial charge in [0.05, 0.1) is 16.3 Å². The molecule has 0 spiro atoms. The maximum absolute atomic E-state index is 12.3. The lowest BCUT2D eigenvalue weighted by molar-refractivity contribution is -0.139. The maximum Gasteiger partial charge on any atom is 0.309 e. The molecule has 0 bridgehead atoms. The van der Waals surface area contributed by atoms with E-state index >= 15 is 0 Å². The Morgan fingerprint density at radius 3 is 2.22 bits per heavy atom. The number of halogens is 1. The number of nitrogens with one attached hydrogen (secondary N) is 2. The summed E-state index contributed by atoms with van der Waals surface area (Å²) in [4.78, 5) is 38.1. The summed E-state index contributed by atoms with van der Waals surface area (Å²) in [5.41, 5.74) is 0.843. The number of ketones is 1. The Labute approximate surface area is 169 Å². The van der Waals surface area contributed by atoms with E-state index < -0.39 is 11.8 Å². The number of hydrogen-bond donors (Lipinski definition) is 2. The van der Waals surface area contributed by atoms with E-state index in [2.05, 4.69) is 10.6 Å². The second kappa shape index (κ2) is 8.94. The average Bonchev–Trinajstić information content (AvgIpc) is 3.37. The summed E-state index contributed by atoms with van der Waals surface area (Å²) in [6.45, 7) is 0.428. The van der Waals surface area contributed by atoms with Crippen LogP contribution in [-0.2, 0) is 22.7 Å². The predicted molar refractivity (Wildman–Crippen MR) is 107 cm³/mol. The minimum Gasteiger partial charge on any atom is -0.344 e. The minimum atomic E-state index is -0.719. The van der Waals surface area contributed by atoms with Gasteiger partial charge in [0.25, 0.3) is 0 Å². The second-order valence-corrected chi connectivity index (χ2v) is 8.12. The summed E-state index contributed by atoms with van der Waals surface area (Å²) in [6, 6.07) is 14.1. The van der Waals surface area contributed by atoms with Crippen LogP contribution in [0, 0.1) is 0 Å². The van der Waals surface area contributed by atoms with Crippen molar-refractivity contribution in [2.45, 2.75) is 13.1 Å². The van der Waals surface area contributed by atoms with Gasteiger partial charge in [-0.3, -0.25) is 14.4 Å². The van der Waals surface area contributed by atoms with Gasteiger partial charge in [0, 0.05) is 16.4 Å². The molecule has 1 aromatic carbocycles. The van der Waals surface area contributed by atoms with Crippen molar-refractivity contribution in [3.63, 3.8) is 0 Å². The van der Waals surface area contributed by atoms with Gasteiger partial charge in [0.2, 0.25) is 5.78 Å². The van der Waals surface area contributed by atoms with Crippen molar-refractivity contribution in [2.24, 2.45) is 0 Å². The Kier molecular flexibility index (Phi) is 6.39. The maximum atomic E-state index is 12.3. The highest BCUT2D eigenvalue weighted by Gasteiger charge is 2.15. The first kappa shape index (κ1) is 19.3. The molecular formula is C19H15ClN2O3S2. The number of carbonyl (C=O) groups excluding carboxylic acids is 3. The van der Waals surface area contributed by atoms with Crippen LogP contribution in [0.4, 0.5) is 0 Å². The highest BCUT2D eigenvalue weighted by molar-refractivity contribution is 7.16. The summed E-state index contributed by atoms with van der Waals surface area (Å²) < 4.78 is 0. The van der Waals surface area contributed by atoms with Crippen molar-refractivity contribution in [1.82, 2.24) is 10.6 Å². The van der Waals surface area contributed by atoms with E-state index in [0.29, 0.717) is 14.8 Å². The molecule has 27 heavy (non-hydrogen) atoms. The van der Waals surface area contributed by atoms with Crippen LogP contribution in [0.5, 0.6) is 0 Å². The van der Waals surface area contributed by atoms with Crippen LogP contribution >= 0.6 is 34.3 Å². The average molecular weight is 419 g/mol. The summed E-state index contributed by atoms with van der Waals surface area (Å²) in [7, 11) is 0. The van der Waals surface area contributed by atoms with E-state index in [0.717, 1.165) is 10.4 Å². The fourth-order valence-corrected chi connectivity index (χ4v) is 4.01. The highest BCUT2D eigenvalue weighted by atomic mass is 35.5. The van der Waals surface area contributed by atoms with Crippen molar-refractivity contribution in [1.29, 1.82) is 0 Å². The van der Waals surface area contributed by atoms with Gasteiger partial charge in [-0.25, -0.2) is 0 Å². The zero-order chi connectivity index (χ0) is 19.2. The number of thiophene rings is 2. The highest BCUT2D eigenvalue weighted by Crippen LogP contribution is 2.22. The Morgan fingerprint density at radius 1 is 0.852 bits per heavy atom. The van der Waals surface area contributed by atoms with E-state index in [1.54, 1.807) is 42.5 Å². The molecule has 2 N–H and O–H groups in total. The zero-order valence-electron chi connectivity index (χ0n) is 14.0. The lowest BCUT2D eigenvalue weighted by Crippen LogP contribution is -2.39. The topological polar surface area (TPSA) is 75.3 Å². The second-order valence-electron chi connectivity index (χ2n) is 5.56. The van der Waals surface area contributed by atoms with Gasteiger partial charge in [0.15, 0.2) is 0 Å². The van der Waals surface area contributed by atoms with Crippen molar-refractivity contribution >= 4 is 51.9 Å². The van der Waals surface area contributed by atoms with Crippen molar-refractivity contribution in [2.75, 3.05) is 0 Å². The van der Waals surface area contributed by atoms with Crippen LogP contribution in [0.1, 0.15) is 25.0 Å². The fraction of sp³-hybridized carbons (Fsp3) is 0.105. The summed E-state index contributed by atoms with van der Waals surface area (Å²) in [6.07, 6.45) is 0. The normalized spacial score (nSPS) is 10.4. The Hall–Kier alpha value is -2.48. The first-order valence-electron chi connectivity index (χ1n) is 8.00. The third-order valence-corrected chi connectivity index (χ3v) is 5.83. The zero-order valence-corrected chi connectivity index (χ0v) is 16.4. The number of benzene rings is 1. The number of rotatable bonds is 6. The molecule has 0 atom stereocenters. The Bertz CT molecular complexity index is 950. The summed E-state index contributed by atoms with van der Waals surface area (Å²) in [5.74, 6) is -1.46. The molecule has 2 aromatic heterocycles. The molecular weight excluding hydrogens is 404 g/mol. The van der Waals surface area contributed by atoms with Crippen molar-refractivity contribution < 1.29 is 14.4 Å². The van der Waals surface area contributed by atoms with Gasteiger partial charge >= 0.3 is 11.8 Å². The third kappa shape index (κ3) is 5.26. The van der Waals surface area contributed by atoms with Crippen molar-refractivity contribution in [3.05, 3.63) is 79.1 Å². The van der Waals surface area contributed by atoms with Gasteiger partial charge in [-0.05, 0) is 41.3 Å². The van der Waals surface area contributed by atoms with Crippen LogP contribution in [0.25, 0.3) is 0 Å². The molecule has 0 aliphatic heterocycles. The van der Waals surface area contributed by atoms with Crippen LogP contribution in [0.2, 0.25) is 5.02 Å². The molecule has 0 fully saturated rings. The molecule has 5 nitrogen and oxygen atoms in total. The third-order valence-electron chi connectivity index (χ3n) is 3.63. The van der Waals surface area contributed by atoms with Gasteiger partial charge in [-0.1, -0.05) is 29.8 Å². The smallest absolute Gasteiger partial charge is 0.309 e. The van der Waals surface area contributed by atoms with E-state index in [-0.39, 0.29) is 18.9 Å². The Balaban J connectivity index is 1.48. The fourth-order valence-electron chi connectivity index (χ4n) is 2.24. The first-order valence-corrected chi connectivity index (χ1v) is 10.1. The lowest BCUT2D eigenvalue weighted by Gasteiger charge is -2.06. The van der Waals surface area contributed by atoms with Gasteiger partial charge < -0.3 is 10.6 Å². The molecule has 0 aliphatic rings. The standard InChI is InChI=1S/C19H15ClN2O3S2/c20-13-5-3-12(4-6-13)10-21-18(24)19(25)22-11-14-7-8-16(27-14)17(23)15-2-1-9-26-15/h1-9H,10-11H2,(H,21,24)(H,22,25). The molecule has 8 heteroatoms. The van der Waals surface area contributed by atoms with E-state index in [9.17, 15) is 14.4 Å². The molecule has 3 aromatic rings. The minimum absolute atomic E-state index is 0.0340. The van der Waals surface area contributed by atoms with Crippen LogP contribution in [-0.4, -0.2) is 17.6 Å². The quantitative estimate of drug-likeness (QED) is 0.474. The first-order chi connectivity index (χ1) is 13.0. The largest absolute Gasteiger partial charge is 0.344 e. The molecule has 0 aliphatic carbocycles. The number of amides is 2. The van der Waals surface area contributed by atoms with Gasteiger partial charge in [-0.2, -0.15) is 0 Å². The SMILES string of the molecule is O=C(NCc1ccc(Cl)cc1)C(=O)NCc1ccc(C(=O)c2cccs2)s1. The Morgan fingerprint density at radius 2 is 1.56 bits per heavy atom. The van der Waals surface area contributed by atoms with E-state index in [1.807, 2.05) is 11.4 Å². The predicted octanol–water partition coefficient (Wildman–Crippen LogP) is 3.63.